The maximum Gasteiger partial charge on any atom is 0.257 e. The molecule has 0 spiro atoms. The van der Waals surface area contributed by atoms with E-state index in [1.165, 1.54) is 12.3 Å². The normalized spacial score (nSPS) is 12.3. The Morgan fingerprint density at radius 3 is 2.33 bits per heavy atom. The van der Waals surface area contributed by atoms with Crippen LogP contribution in [0.3, 0.4) is 0 Å². The molecule has 5 heteroatoms. The van der Waals surface area contributed by atoms with Crippen LogP contribution in [0.4, 0.5) is 0 Å². The van der Waals surface area contributed by atoms with Crippen molar-refractivity contribution in [3.8, 4) is 0 Å². The number of aromatic amines is 1. The van der Waals surface area contributed by atoms with Gasteiger partial charge in [0.2, 0.25) is 0 Å². The standard InChI is InChI=1S/C13H20N2O3/c1-8-6-10(16)9(7-14-8)11(17)15-12(2,3)13(4,5)18/h6-7,18H,1-5H3,(H,14,16)(H,15,17). The van der Waals surface area contributed by atoms with Crippen LogP contribution in [0, 0.1) is 6.92 Å². The van der Waals surface area contributed by atoms with Gasteiger partial charge < -0.3 is 15.4 Å². The van der Waals surface area contributed by atoms with Crippen LogP contribution in [0.5, 0.6) is 0 Å². The lowest BCUT2D eigenvalue weighted by Gasteiger charge is -2.37. The number of aliphatic hydroxyl groups is 1. The third kappa shape index (κ3) is 2.98. The number of hydrogen-bond acceptors (Lipinski definition) is 3. The van der Waals surface area contributed by atoms with Gasteiger partial charge in [-0.25, -0.2) is 0 Å². The Kier molecular flexibility index (Phi) is 3.67. The second-order valence-electron chi connectivity index (χ2n) is 5.53. The number of aryl methyl sites for hydroxylation is 1. The summed E-state index contributed by atoms with van der Waals surface area (Å²) in [7, 11) is 0. The lowest BCUT2D eigenvalue weighted by molar-refractivity contribution is -0.00295. The van der Waals surface area contributed by atoms with Crippen molar-refractivity contribution in [2.45, 2.75) is 45.8 Å². The molecule has 0 bridgehead atoms. The predicted molar refractivity (Wildman–Crippen MR) is 69.6 cm³/mol. The Morgan fingerprint density at radius 2 is 1.89 bits per heavy atom. The van der Waals surface area contributed by atoms with Crippen molar-refractivity contribution in [2.75, 3.05) is 0 Å². The fraction of sp³-hybridized carbons (Fsp3) is 0.538. The molecule has 0 saturated carbocycles. The lowest BCUT2D eigenvalue weighted by Crippen LogP contribution is -2.58. The third-order valence-corrected chi connectivity index (χ3v) is 3.26. The Labute approximate surface area is 106 Å². The van der Waals surface area contributed by atoms with Gasteiger partial charge in [-0.2, -0.15) is 0 Å². The molecule has 0 atom stereocenters. The molecule has 1 aromatic heterocycles. The minimum Gasteiger partial charge on any atom is -0.388 e. The van der Waals surface area contributed by atoms with Crippen LogP contribution in [0.25, 0.3) is 0 Å². The van der Waals surface area contributed by atoms with Gasteiger partial charge in [-0.3, -0.25) is 9.59 Å². The Balaban J connectivity index is 3.00. The molecule has 0 saturated heterocycles. The predicted octanol–water partition coefficient (Wildman–Crippen LogP) is 0.963. The number of amides is 1. The van der Waals surface area contributed by atoms with Crippen LogP contribution in [0.15, 0.2) is 17.1 Å². The van der Waals surface area contributed by atoms with Gasteiger partial charge in [0.05, 0.1) is 11.1 Å². The maximum atomic E-state index is 12.0. The summed E-state index contributed by atoms with van der Waals surface area (Å²) in [6.07, 6.45) is 1.38. The van der Waals surface area contributed by atoms with E-state index in [4.69, 9.17) is 0 Å². The van der Waals surface area contributed by atoms with Crippen molar-refractivity contribution in [2.24, 2.45) is 0 Å². The highest BCUT2D eigenvalue weighted by Gasteiger charge is 2.36. The van der Waals surface area contributed by atoms with Crippen molar-refractivity contribution in [1.29, 1.82) is 0 Å². The van der Waals surface area contributed by atoms with E-state index >= 15 is 0 Å². The Hall–Kier alpha value is -1.62. The number of rotatable bonds is 3. The van der Waals surface area contributed by atoms with Crippen molar-refractivity contribution in [3.05, 3.63) is 33.7 Å². The molecule has 0 aliphatic rings. The summed E-state index contributed by atoms with van der Waals surface area (Å²) in [6.45, 7) is 8.35. The molecular formula is C13H20N2O3. The van der Waals surface area contributed by atoms with E-state index < -0.39 is 17.0 Å². The first kappa shape index (κ1) is 14.4. The summed E-state index contributed by atoms with van der Waals surface area (Å²) < 4.78 is 0. The van der Waals surface area contributed by atoms with Crippen LogP contribution < -0.4 is 10.7 Å². The Bertz CT molecular complexity index is 510. The molecule has 0 radical (unpaired) electrons. The van der Waals surface area contributed by atoms with E-state index in [2.05, 4.69) is 10.3 Å². The molecule has 1 rings (SSSR count). The number of pyridine rings is 1. The number of nitrogens with one attached hydrogen (secondary N) is 2. The second kappa shape index (κ2) is 4.57. The van der Waals surface area contributed by atoms with E-state index in [0.717, 1.165) is 0 Å². The third-order valence-electron chi connectivity index (χ3n) is 3.26. The first-order chi connectivity index (χ1) is 8.04. The summed E-state index contributed by atoms with van der Waals surface area (Å²) in [4.78, 5) is 26.5. The van der Waals surface area contributed by atoms with Crippen LogP contribution >= 0.6 is 0 Å². The molecule has 0 aliphatic carbocycles. The summed E-state index contributed by atoms with van der Waals surface area (Å²) in [6, 6.07) is 1.37. The molecule has 0 unspecified atom stereocenters. The SMILES string of the molecule is Cc1cc(=O)c(C(=O)NC(C)(C)C(C)(C)O)c[nH]1. The Morgan fingerprint density at radius 1 is 1.33 bits per heavy atom. The topological polar surface area (TPSA) is 82.2 Å². The lowest BCUT2D eigenvalue weighted by atomic mass is 9.86. The molecule has 0 aromatic carbocycles. The van der Waals surface area contributed by atoms with Gasteiger partial charge >= 0.3 is 0 Å². The van der Waals surface area contributed by atoms with Gasteiger partial charge in [-0.05, 0) is 34.6 Å². The average molecular weight is 252 g/mol. The average Bonchev–Trinajstić information content (AvgIpc) is 2.14. The minimum absolute atomic E-state index is 0.0397. The number of carbonyl (C=O) groups excluding carboxylic acids is 1. The van der Waals surface area contributed by atoms with E-state index in [0.29, 0.717) is 5.69 Å². The molecule has 0 fully saturated rings. The smallest absolute Gasteiger partial charge is 0.257 e. The molecule has 1 heterocycles. The first-order valence-corrected chi connectivity index (χ1v) is 5.79. The number of aromatic nitrogens is 1. The molecule has 1 aromatic rings. The molecule has 100 valence electrons. The van der Waals surface area contributed by atoms with Gasteiger partial charge in [0.15, 0.2) is 5.43 Å². The summed E-state index contributed by atoms with van der Waals surface area (Å²) >= 11 is 0. The quantitative estimate of drug-likeness (QED) is 0.749. The number of H-pyrrole nitrogens is 1. The minimum atomic E-state index is -1.10. The van der Waals surface area contributed by atoms with Crippen molar-refractivity contribution in [3.63, 3.8) is 0 Å². The van der Waals surface area contributed by atoms with Gasteiger partial charge in [0.1, 0.15) is 5.56 Å². The van der Waals surface area contributed by atoms with Crippen LogP contribution in [0.1, 0.15) is 43.7 Å². The molecule has 5 nitrogen and oxygen atoms in total. The van der Waals surface area contributed by atoms with Gasteiger partial charge in [-0.1, -0.05) is 0 Å². The highest BCUT2D eigenvalue weighted by molar-refractivity contribution is 5.94. The first-order valence-electron chi connectivity index (χ1n) is 5.79. The fourth-order valence-electron chi connectivity index (χ4n) is 1.25. The number of hydrogen-bond donors (Lipinski definition) is 3. The van der Waals surface area contributed by atoms with Gasteiger partial charge in [-0.15, -0.1) is 0 Å². The zero-order valence-corrected chi connectivity index (χ0v) is 11.4. The summed E-state index contributed by atoms with van der Waals surface area (Å²) in [5.41, 5.74) is -1.55. The van der Waals surface area contributed by atoms with Crippen molar-refractivity contribution in [1.82, 2.24) is 10.3 Å². The van der Waals surface area contributed by atoms with Crippen molar-refractivity contribution < 1.29 is 9.90 Å². The molecule has 3 N–H and O–H groups in total. The van der Waals surface area contributed by atoms with E-state index in [1.807, 2.05) is 0 Å². The molecule has 0 aliphatic heterocycles. The monoisotopic (exact) mass is 252 g/mol. The van der Waals surface area contributed by atoms with Crippen LogP contribution in [-0.2, 0) is 0 Å². The van der Waals surface area contributed by atoms with E-state index in [-0.39, 0.29) is 11.0 Å². The van der Waals surface area contributed by atoms with Crippen molar-refractivity contribution >= 4 is 5.91 Å². The maximum absolute atomic E-state index is 12.0. The largest absolute Gasteiger partial charge is 0.388 e. The summed E-state index contributed by atoms with van der Waals surface area (Å²) in [5.74, 6) is -0.497. The van der Waals surface area contributed by atoms with Crippen LogP contribution in [0.2, 0.25) is 0 Å². The van der Waals surface area contributed by atoms with E-state index in [9.17, 15) is 14.7 Å². The highest BCUT2D eigenvalue weighted by Crippen LogP contribution is 2.20. The number of carbonyl (C=O) groups is 1. The van der Waals surface area contributed by atoms with Gasteiger partial charge in [0, 0.05) is 18.0 Å². The summed E-state index contributed by atoms with van der Waals surface area (Å²) in [5, 5.41) is 12.6. The molecular weight excluding hydrogens is 232 g/mol. The second-order valence-corrected chi connectivity index (χ2v) is 5.53. The molecule has 18 heavy (non-hydrogen) atoms. The van der Waals surface area contributed by atoms with E-state index in [1.54, 1.807) is 34.6 Å². The zero-order chi connectivity index (χ0) is 14.1. The highest BCUT2D eigenvalue weighted by atomic mass is 16.3. The van der Waals surface area contributed by atoms with Crippen LogP contribution in [-0.4, -0.2) is 27.1 Å². The fourth-order valence-corrected chi connectivity index (χ4v) is 1.25. The van der Waals surface area contributed by atoms with Gasteiger partial charge in [0.25, 0.3) is 5.91 Å². The molecule has 1 amide bonds. The zero-order valence-electron chi connectivity index (χ0n) is 11.4.